The van der Waals surface area contributed by atoms with E-state index in [0.29, 0.717) is 30.8 Å². The number of anilines is 1. The van der Waals surface area contributed by atoms with Gasteiger partial charge in [-0.3, -0.25) is 4.79 Å². The van der Waals surface area contributed by atoms with Gasteiger partial charge in [-0.05, 0) is 36.2 Å². The number of aromatic nitrogens is 2. The van der Waals surface area contributed by atoms with Gasteiger partial charge in [-0.2, -0.15) is 4.37 Å². The standard InChI is InChI=1S/C22H23ClN4O2S/c1-29-19-6-3-2-5-18(19)21(28)26-11-4-12-27(14-13-26)22-24-20(25-30-22)15-16-7-9-17(23)10-8-16/h2-3,5-10H,4,11-15H2,1H3. The second-order valence-corrected chi connectivity index (χ2v) is 8.30. The molecule has 1 aliphatic heterocycles. The summed E-state index contributed by atoms with van der Waals surface area (Å²) in [5.41, 5.74) is 1.74. The number of para-hydroxylation sites is 1. The molecular formula is C22H23ClN4O2S. The Balaban J connectivity index is 1.40. The summed E-state index contributed by atoms with van der Waals surface area (Å²) >= 11 is 7.37. The highest BCUT2D eigenvalue weighted by Crippen LogP contribution is 2.23. The van der Waals surface area contributed by atoms with Crippen LogP contribution in [0.5, 0.6) is 5.75 Å². The van der Waals surface area contributed by atoms with Crippen molar-refractivity contribution in [1.29, 1.82) is 0 Å². The molecule has 1 saturated heterocycles. The Morgan fingerprint density at radius 2 is 1.90 bits per heavy atom. The van der Waals surface area contributed by atoms with Crippen molar-refractivity contribution in [2.45, 2.75) is 12.8 Å². The molecule has 30 heavy (non-hydrogen) atoms. The van der Waals surface area contributed by atoms with Gasteiger partial charge in [0.1, 0.15) is 11.6 Å². The molecule has 0 radical (unpaired) electrons. The lowest BCUT2D eigenvalue weighted by Crippen LogP contribution is -2.35. The lowest BCUT2D eigenvalue weighted by Gasteiger charge is -2.22. The van der Waals surface area contributed by atoms with Crippen molar-refractivity contribution < 1.29 is 9.53 Å². The summed E-state index contributed by atoms with van der Waals surface area (Å²) in [6, 6.07) is 15.1. The molecule has 4 rings (SSSR count). The summed E-state index contributed by atoms with van der Waals surface area (Å²) in [6.07, 6.45) is 1.56. The molecular weight excluding hydrogens is 420 g/mol. The predicted octanol–water partition coefficient (Wildman–Crippen LogP) is 4.14. The molecule has 2 heterocycles. The first-order chi connectivity index (χ1) is 14.6. The Bertz CT molecular complexity index is 1010. The number of benzene rings is 2. The molecule has 0 unspecified atom stereocenters. The highest BCUT2D eigenvalue weighted by Gasteiger charge is 2.24. The zero-order valence-electron chi connectivity index (χ0n) is 16.8. The number of carbonyl (C=O) groups is 1. The first-order valence-electron chi connectivity index (χ1n) is 9.88. The number of halogens is 1. The minimum absolute atomic E-state index is 0.00925. The van der Waals surface area contributed by atoms with Crippen LogP contribution in [0, 0.1) is 0 Å². The van der Waals surface area contributed by atoms with Gasteiger partial charge in [0.25, 0.3) is 5.91 Å². The van der Waals surface area contributed by atoms with Crippen molar-refractivity contribution in [2.24, 2.45) is 0 Å². The average Bonchev–Trinajstić information content (AvgIpc) is 3.09. The maximum Gasteiger partial charge on any atom is 0.257 e. The van der Waals surface area contributed by atoms with E-state index in [4.69, 9.17) is 21.3 Å². The molecule has 1 fully saturated rings. The topological polar surface area (TPSA) is 58.6 Å². The van der Waals surface area contributed by atoms with Crippen LogP contribution in [0.3, 0.4) is 0 Å². The summed E-state index contributed by atoms with van der Waals surface area (Å²) in [5, 5.41) is 1.63. The fourth-order valence-electron chi connectivity index (χ4n) is 3.53. The van der Waals surface area contributed by atoms with Crippen molar-refractivity contribution in [3.8, 4) is 5.75 Å². The number of rotatable bonds is 5. The van der Waals surface area contributed by atoms with E-state index in [2.05, 4.69) is 9.27 Å². The number of amides is 1. The molecule has 0 aliphatic carbocycles. The number of hydrogen-bond donors (Lipinski definition) is 0. The van der Waals surface area contributed by atoms with Crippen molar-refractivity contribution in [3.05, 3.63) is 70.5 Å². The zero-order valence-corrected chi connectivity index (χ0v) is 18.3. The van der Waals surface area contributed by atoms with Crippen molar-refractivity contribution in [2.75, 3.05) is 38.2 Å². The van der Waals surface area contributed by atoms with Gasteiger partial charge in [0.15, 0.2) is 0 Å². The average molecular weight is 443 g/mol. The third-order valence-corrected chi connectivity index (χ3v) is 6.19. The normalized spacial score (nSPS) is 14.5. The van der Waals surface area contributed by atoms with E-state index in [9.17, 15) is 4.79 Å². The fraction of sp³-hybridized carbons (Fsp3) is 0.318. The van der Waals surface area contributed by atoms with Crippen LogP contribution in [0.2, 0.25) is 5.02 Å². The molecule has 0 bridgehead atoms. The zero-order chi connectivity index (χ0) is 20.9. The van der Waals surface area contributed by atoms with Crippen molar-refractivity contribution in [3.63, 3.8) is 0 Å². The van der Waals surface area contributed by atoms with Crippen LogP contribution in [0.15, 0.2) is 48.5 Å². The largest absolute Gasteiger partial charge is 0.496 e. The minimum atomic E-state index is 0.00925. The van der Waals surface area contributed by atoms with E-state index < -0.39 is 0 Å². The first kappa shape index (κ1) is 20.6. The van der Waals surface area contributed by atoms with Crippen LogP contribution in [0.4, 0.5) is 5.13 Å². The molecule has 1 amide bonds. The van der Waals surface area contributed by atoms with Gasteiger partial charge < -0.3 is 14.5 Å². The Morgan fingerprint density at radius 1 is 1.10 bits per heavy atom. The second-order valence-electron chi connectivity index (χ2n) is 7.13. The summed E-state index contributed by atoms with van der Waals surface area (Å²) in [4.78, 5) is 21.8. The summed E-state index contributed by atoms with van der Waals surface area (Å²) < 4.78 is 9.88. The molecule has 0 spiro atoms. The highest BCUT2D eigenvalue weighted by molar-refractivity contribution is 7.09. The van der Waals surface area contributed by atoms with Gasteiger partial charge >= 0.3 is 0 Å². The van der Waals surface area contributed by atoms with Gasteiger partial charge in [-0.1, -0.05) is 35.9 Å². The fourth-order valence-corrected chi connectivity index (χ4v) is 4.40. The lowest BCUT2D eigenvalue weighted by atomic mass is 10.1. The van der Waals surface area contributed by atoms with E-state index in [1.807, 2.05) is 53.4 Å². The summed E-state index contributed by atoms with van der Waals surface area (Å²) in [6.45, 7) is 2.94. The second kappa shape index (κ2) is 9.45. The number of methoxy groups -OCH3 is 1. The smallest absolute Gasteiger partial charge is 0.257 e. The van der Waals surface area contributed by atoms with Crippen molar-refractivity contribution >= 4 is 34.2 Å². The van der Waals surface area contributed by atoms with Gasteiger partial charge in [0.2, 0.25) is 5.13 Å². The lowest BCUT2D eigenvalue weighted by molar-refractivity contribution is 0.0763. The van der Waals surface area contributed by atoms with E-state index in [0.717, 1.165) is 41.1 Å². The van der Waals surface area contributed by atoms with E-state index in [1.54, 1.807) is 7.11 Å². The molecule has 3 aromatic rings. The number of hydrogen-bond acceptors (Lipinski definition) is 6. The van der Waals surface area contributed by atoms with Crippen LogP contribution in [0.25, 0.3) is 0 Å². The number of nitrogens with zero attached hydrogens (tertiary/aromatic N) is 4. The third-order valence-electron chi connectivity index (χ3n) is 5.12. The maximum absolute atomic E-state index is 13.0. The Morgan fingerprint density at radius 3 is 2.70 bits per heavy atom. The summed E-state index contributed by atoms with van der Waals surface area (Å²) in [5.74, 6) is 1.43. The SMILES string of the molecule is COc1ccccc1C(=O)N1CCCN(c2nc(Cc3ccc(Cl)cc3)ns2)CC1. The third kappa shape index (κ3) is 4.74. The van der Waals surface area contributed by atoms with Gasteiger partial charge in [0, 0.05) is 49.2 Å². The Labute approximate surface area is 185 Å². The highest BCUT2D eigenvalue weighted by atomic mass is 35.5. The monoisotopic (exact) mass is 442 g/mol. The number of ether oxygens (including phenoxy) is 1. The predicted molar refractivity (Wildman–Crippen MR) is 120 cm³/mol. The molecule has 6 nitrogen and oxygen atoms in total. The minimum Gasteiger partial charge on any atom is -0.496 e. The van der Waals surface area contributed by atoms with Crippen LogP contribution >= 0.6 is 23.1 Å². The molecule has 2 aromatic carbocycles. The van der Waals surface area contributed by atoms with Crippen LogP contribution < -0.4 is 9.64 Å². The molecule has 0 atom stereocenters. The quantitative estimate of drug-likeness (QED) is 0.594. The summed E-state index contributed by atoms with van der Waals surface area (Å²) in [7, 11) is 1.59. The first-order valence-corrected chi connectivity index (χ1v) is 11.0. The van der Waals surface area contributed by atoms with Crippen LogP contribution in [0.1, 0.15) is 28.2 Å². The Hall–Kier alpha value is -2.64. The molecule has 1 aromatic heterocycles. The van der Waals surface area contributed by atoms with Crippen molar-refractivity contribution in [1.82, 2.24) is 14.3 Å². The van der Waals surface area contributed by atoms with Crippen LogP contribution in [-0.4, -0.2) is 53.5 Å². The van der Waals surface area contributed by atoms with Crippen LogP contribution in [-0.2, 0) is 6.42 Å². The molecule has 8 heteroatoms. The molecule has 1 aliphatic rings. The van der Waals surface area contributed by atoms with Gasteiger partial charge in [-0.25, -0.2) is 4.98 Å². The molecule has 0 N–H and O–H groups in total. The van der Waals surface area contributed by atoms with E-state index in [1.165, 1.54) is 11.5 Å². The van der Waals surface area contributed by atoms with Gasteiger partial charge in [0.05, 0.1) is 12.7 Å². The maximum atomic E-state index is 13.0. The molecule has 0 saturated carbocycles. The van der Waals surface area contributed by atoms with Gasteiger partial charge in [-0.15, -0.1) is 0 Å². The Kier molecular flexibility index (Phi) is 6.50. The van der Waals surface area contributed by atoms with E-state index >= 15 is 0 Å². The number of carbonyl (C=O) groups excluding carboxylic acids is 1. The molecule has 156 valence electrons. The van der Waals surface area contributed by atoms with E-state index in [-0.39, 0.29) is 5.91 Å².